The zero-order valence-corrected chi connectivity index (χ0v) is 12.7. The van der Waals surface area contributed by atoms with Gasteiger partial charge in [0.2, 0.25) is 0 Å². The van der Waals surface area contributed by atoms with Crippen LogP contribution in [0.3, 0.4) is 0 Å². The van der Waals surface area contributed by atoms with Crippen molar-refractivity contribution in [2.45, 2.75) is 44.8 Å². The minimum Gasteiger partial charge on any atom is -0.479 e. The number of carbonyl (C=O) groups is 2. The lowest BCUT2D eigenvalue weighted by Crippen LogP contribution is -2.47. The van der Waals surface area contributed by atoms with E-state index in [0.29, 0.717) is 0 Å². The van der Waals surface area contributed by atoms with Gasteiger partial charge in [0.15, 0.2) is 5.54 Å². The summed E-state index contributed by atoms with van der Waals surface area (Å²) in [7, 11) is 0. The minimum absolute atomic E-state index is 0.190. The lowest BCUT2D eigenvalue weighted by atomic mass is 10.1. The molecule has 0 aliphatic heterocycles. The van der Waals surface area contributed by atoms with E-state index in [1.807, 2.05) is 37.3 Å². The van der Waals surface area contributed by atoms with Gasteiger partial charge in [0.05, 0.1) is 0 Å². The Bertz CT molecular complexity index is 549. The average Bonchev–Trinajstić information content (AvgIpc) is 2.94. The van der Waals surface area contributed by atoms with Crippen LogP contribution in [0.5, 0.6) is 0 Å². The molecule has 21 heavy (non-hydrogen) atoms. The van der Waals surface area contributed by atoms with Crippen LogP contribution in [-0.4, -0.2) is 28.3 Å². The van der Waals surface area contributed by atoms with E-state index in [0.717, 1.165) is 5.56 Å². The summed E-state index contributed by atoms with van der Waals surface area (Å²) < 4.78 is 5.18. The van der Waals surface area contributed by atoms with Crippen molar-refractivity contribution < 1.29 is 19.4 Å². The van der Waals surface area contributed by atoms with Gasteiger partial charge in [-0.15, -0.1) is 0 Å². The van der Waals surface area contributed by atoms with Gasteiger partial charge in [0.1, 0.15) is 5.60 Å². The van der Waals surface area contributed by atoms with Gasteiger partial charge in [-0.25, -0.2) is 9.59 Å². The molecule has 0 saturated heterocycles. The van der Waals surface area contributed by atoms with Crippen molar-refractivity contribution in [3.8, 4) is 0 Å². The Balaban J connectivity index is 2.21. The van der Waals surface area contributed by atoms with Gasteiger partial charge in [-0.1, -0.05) is 37.3 Å². The molecule has 0 bridgehead atoms. The number of alkyl carbamates (subject to hydrolysis) is 1. The number of aliphatic carboxylic acids is 1. The maximum atomic E-state index is 11.9. The van der Waals surface area contributed by atoms with Crippen molar-refractivity contribution in [2.24, 2.45) is 5.92 Å². The van der Waals surface area contributed by atoms with Crippen molar-refractivity contribution >= 4 is 12.1 Å². The molecule has 1 aliphatic rings. The Morgan fingerprint density at radius 1 is 1.24 bits per heavy atom. The molecule has 1 saturated carbocycles. The molecule has 0 spiro atoms. The average molecular weight is 291 g/mol. The summed E-state index contributed by atoms with van der Waals surface area (Å²) in [4.78, 5) is 23.7. The summed E-state index contributed by atoms with van der Waals surface area (Å²) in [5.41, 5.74) is -1.04. The third-order valence-corrected chi connectivity index (χ3v) is 3.82. The second-order valence-electron chi connectivity index (χ2n) is 6.48. The second kappa shape index (κ2) is 5.06. The zero-order valence-electron chi connectivity index (χ0n) is 12.7. The van der Waals surface area contributed by atoms with E-state index in [9.17, 15) is 14.7 Å². The Hall–Kier alpha value is -2.04. The molecule has 114 valence electrons. The predicted octanol–water partition coefficient (Wildman–Crippen LogP) is 2.77. The van der Waals surface area contributed by atoms with Crippen molar-refractivity contribution in [3.05, 3.63) is 35.9 Å². The highest BCUT2D eigenvalue weighted by Crippen LogP contribution is 2.57. The molecule has 1 aromatic carbocycles. The van der Waals surface area contributed by atoms with Crippen molar-refractivity contribution in [2.75, 3.05) is 0 Å². The van der Waals surface area contributed by atoms with Crippen LogP contribution in [0.15, 0.2) is 30.3 Å². The molecule has 0 aromatic heterocycles. The standard InChI is InChI=1S/C16H21NO4/c1-10-12(11-8-6-5-7-9-11)16(10,13(18)19)17-14(20)21-15(2,3)4/h5-10,12H,1-4H3,(H,17,20)(H,18,19)/t10-,12+,16+/m1/s1. The van der Waals surface area contributed by atoms with Crippen LogP contribution in [0.4, 0.5) is 4.79 Å². The van der Waals surface area contributed by atoms with Crippen molar-refractivity contribution in [3.63, 3.8) is 0 Å². The molecule has 2 N–H and O–H groups in total. The Kier molecular flexibility index (Phi) is 3.70. The van der Waals surface area contributed by atoms with Gasteiger partial charge in [0.25, 0.3) is 0 Å². The van der Waals surface area contributed by atoms with Crippen LogP contribution in [0, 0.1) is 5.92 Å². The second-order valence-corrected chi connectivity index (χ2v) is 6.48. The van der Waals surface area contributed by atoms with E-state index in [2.05, 4.69) is 5.32 Å². The summed E-state index contributed by atoms with van der Waals surface area (Å²) in [6.45, 7) is 7.05. The minimum atomic E-state index is -1.29. The topological polar surface area (TPSA) is 75.6 Å². The fourth-order valence-electron chi connectivity index (χ4n) is 2.82. The first-order valence-corrected chi connectivity index (χ1v) is 6.98. The molecule has 0 heterocycles. The third kappa shape index (κ3) is 2.86. The van der Waals surface area contributed by atoms with Crippen molar-refractivity contribution in [1.29, 1.82) is 0 Å². The lowest BCUT2D eigenvalue weighted by Gasteiger charge is -2.22. The first kappa shape index (κ1) is 15.4. The van der Waals surface area contributed by atoms with Gasteiger partial charge in [-0.05, 0) is 26.3 Å². The highest BCUT2D eigenvalue weighted by molar-refractivity contribution is 5.90. The smallest absolute Gasteiger partial charge is 0.408 e. The lowest BCUT2D eigenvalue weighted by molar-refractivity contribution is -0.141. The summed E-state index contributed by atoms with van der Waals surface area (Å²) in [5.74, 6) is -1.47. The maximum absolute atomic E-state index is 11.9. The van der Waals surface area contributed by atoms with Crippen LogP contribution in [0.25, 0.3) is 0 Å². The third-order valence-electron chi connectivity index (χ3n) is 3.82. The number of hydrogen-bond donors (Lipinski definition) is 2. The number of carboxylic acid groups (broad SMARTS) is 1. The molecular weight excluding hydrogens is 270 g/mol. The number of rotatable bonds is 3. The van der Waals surface area contributed by atoms with E-state index < -0.39 is 23.2 Å². The largest absolute Gasteiger partial charge is 0.479 e. The highest BCUT2D eigenvalue weighted by Gasteiger charge is 2.69. The van der Waals surface area contributed by atoms with Gasteiger partial charge >= 0.3 is 12.1 Å². The molecule has 1 amide bonds. The molecule has 1 aromatic rings. The van der Waals surface area contributed by atoms with Gasteiger partial charge in [-0.3, -0.25) is 0 Å². The molecule has 2 rings (SSSR count). The van der Waals surface area contributed by atoms with Gasteiger partial charge < -0.3 is 15.2 Å². The SMILES string of the molecule is C[C@@H]1[C@@H](c2ccccc2)[C@]1(NC(=O)OC(C)(C)C)C(=O)O. The maximum Gasteiger partial charge on any atom is 0.408 e. The summed E-state index contributed by atoms with van der Waals surface area (Å²) >= 11 is 0. The van der Waals surface area contributed by atoms with Gasteiger partial charge in [-0.2, -0.15) is 0 Å². The van der Waals surface area contributed by atoms with E-state index in [4.69, 9.17) is 4.74 Å². The molecule has 1 fully saturated rings. The van der Waals surface area contributed by atoms with E-state index >= 15 is 0 Å². The normalized spacial score (nSPS) is 27.8. The van der Waals surface area contributed by atoms with Crippen molar-refractivity contribution in [1.82, 2.24) is 5.32 Å². The monoisotopic (exact) mass is 291 g/mol. The Morgan fingerprint density at radius 3 is 2.29 bits per heavy atom. The number of amides is 1. The molecule has 5 nitrogen and oxygen atoms in total. The first-order chi connectivity index (χ1) is 9.68. The summed E-state index contributed by atoms with van der Waals surface area (Å²) in [6.07, 6.45) is -0.699. The number of ether oxygens (including phenoxy) is 1. The molecule has 0 radical (unpaired) electrons. The van der Waals surface area contributed by atoms with Crippen LogP contribution in [0.2, 0.25) is 0 Å². The number of carbonyl (C=O) groups excluding carboxylic acids is 1. The molecule has 1 aliphatic carbocycles. The first-order valence-electron chi connectivity index (χ1n) is 6.98. The predicted molar refractivity (Wildman–Crippen MR) is 78.1 cm³/mol. The molecule has 5 heteroatoms. The zero-order chi connectivity index (χ0) is 15.8. The number of benzene rings is 1. The van der Waals surface area contributed by atoms with Gasteiger partial charge in [0, 0.05) is 11.8 Å². The fourth-order valence-corrected chi connectivity index (χ4v) is 2.82. The molecular formula is C16H21NO4. The molecule has 3 atom stereocenters. The molecule has 0 unspecified atom stereocenters. The number of carboxylic acids is 1. The van der Waals surface area contributed by atoms with Crippen LogP contribution >= 0.6 is 0 Å². The Labute approximate surface area is 124 Å². The van der Waals surface area contributed by atoms with E-state index in [1.54, 1.807) is 20.8 Å². The quantitative estimate of drug-likeness (QED) is 0.898. The fraction of sp³-hybridized carbons (Fsp3) is 0.500. The highest BCUT2D eigenvalue weighted by atomic mass is 16.6. The summed E-state index contributed by atoms with van der Waals surface area (Å²) in [5, 5.41) is 12.1. The van der Waals surface area contributed by atoms with E-state index in [-0.39, 0.29) is 11.8 Å². The van der Waals surface area contributed by atoms with Crippen LogP contribution in [0.1, 0.15) is 39.2 Å². The van der Waals surface area contributed by atoms with Crippen LogP contribution < -0.4 is 5.32 Å². The summed E-state index contributed by atoms with van der Waals surface area (Å²) in [6, 6.07) is 9.35. The van der Waals surface area contributed by atoms with Crippen LogP contribution in [-0.2, 0) is 9.53 Å². The number of nitrogens with one attached hydrogen (secondary N) is 1. The number of hydrogen-bond acceptors (Lipinski definition) is 3. The Morgan fingerprint density at radius 2 is 1.81 bits per heavy atom. The van der Waals surface area contributed by atoms with E-state index in [1.165, 1.54) is 0 Å².